The van der Waals surface area contributed by atoms with Crippen molar-refractivity contribution in [2.45, 2.75) is 31.5 Å². The second-order valence-electron chi connectivity index (χ2n) is 5.51. The van der Waals surface area contributed by atoms with Gasteiger partial charge < -0.3 is 4.90 Å². The van der Waals surface area contributed by atoms with Gasteiger partial charge in [0.25, 0.3) is 0 Å². The fourth-order valence-electron chi connectivity index (χ4n) is 2.67. The topological polar surface area (TPSA) is 40.6 Å². The molecule has 1 aromatic carbocycles. The van der Waals surface area contributed by atoms with Gasteiger partial charge in [0.1, 0.15) is 0 Å². The molecule has 0 aliphatic carbocycles. The maximum Gasteiger partial charge on any atom is 0.243 e. The van der Waals surface area contributed by atoms with Gasteiger partial charge in [0.05, 0.1) is 4.90 Å². The van der Waals surface area contributed by atoms with Crippen molar-refractivity contribution in [3.05, 3.63) is 28.8 Å². The van der Waals surface area contributed by atoms with Crippen molar-refractivity contribution in [1.82, 2.24) is 9.21 Å². The van der Waals surface area contributed by atoms with Crippen molar-refractivity contribution in [3.8, 4) is 0 Å². The van der Waals surface area contributed by atoms with Crippen LogP contribution in [0.15, 0.2) is 17.0 Å². The molecule has 1 fully saturated rings. The zero-order valence-electron chi connectivity index (χ0n) is 12.9. The van der Waals surface area contributed by atoms with Crippen molar-refractivity contribution in [1.29, 1.82) is 0 Å². The molecule has 0 amide bonds. The molecule has 0 bridgehead atoms. The quantitative estimate of drug-likeness (QED) is 0.796. The fourth-order valence-corrected chi connectivity index (χ4v) is 4.59. The minimum atomic E-state index is -3.43. The Morgan fingerprint density at radius 3 is 2.29 bits per heavy atom. The first-order valence-electron chi connectivity index (χ1n) is 7.28. The van der Waals surface area contributed by atoms with Crippen LogP contribution in [0.5, 0.6) is 0 Å². The monoisotopic (exact) mass is 330 g/mol. The van der Waals surface area contributed by atoms with E-state index in [-0.39, 0.29) is 0 Å². The molecule has 0 aromatic heterocycles. The largest absolute Gasteiger partial charge is 0.301 e. The molecule has 1 aliphatic rings. The van der Waals surface area contributed by atoms with Gasteiger partial charge in [-0.2, -0.15) is 4.31 Å². The van der Waals surface area contributed by atoms with E-state index in [0.717, 1.165) is 36.3 Å². The molecule has 1 aromatic rings. The molecule has 118 valence electrons. The van der Waals surface area contributed by atoms with Gasteiger partial charge in [-0.15, -0.1) is 11.6 Å². The maximum atomic E-state index is 12.9. The molecular weight excluding hydrogens is 308 g/mol. The van der Waals surface area contributed by atoms with Gasteiger partial charge in [-0.25, -0.2) is 8.42 Å². The normalized spacial score (nSPS) is 18.1. The van der Waals surface area contributed by atoms with Gasteiger partial charge >= 0.3 is 0 Å². The SMILES string of the molecule is CCN1CCN(S(=O)(=O)c2cc(CCl)cc(C)c2C)CC1. The lowest BCUT2D eigenvalue weighted by Crippen LogP contribution is -2.48. The van der Waals surface area contributed by atoms with Gasteiger partial charge in [0.2, 0.25) is 10.0 Å². The van der Waals surface area contributed by atoms with E-state index in [2.05, 4.69) is 11.8 Å². The number of halogens is 1. The molecule has 4 nitrogen and oxygen atoms in total. The fraction of sp³-hybridized carbons (Fsp3) is 0.600. The van der Waals surface area contributed by atoms with Crippen LogP contribution in [0.3, 0.4) is 0 Å². The summed E-state index contributed by atoms with van der Waals surface area (Å²) >= 11 is 5.88. The van der Waals surface area contributed by atoms with Gasteiger partial charge in [0.15, 0.2) is 0 Å². The lowest BCUT2D eigenvalue weighted by Gasteiger charge is -2.33. The first-order valence-corrected chi connectivity index (χ1v) is 9.26. The third kappa shape index (κ3) is 3.42. The summed E-state index contributed by atoms with van der Waals surface area (Å²) < 4.78 is 27.4. The second-order valence-corrected chi connectivity index (χ2v) is 7.68. The molecule has 1 aliphatic heterocycles. The van der Waals surface area contributed by atoms with Gasteiger partial charge in [-0.3, -0.25) is 0 Å². The van der Waals surface area contributed by atoms with E-state index in [1.54, 1.807) is 10.4 Å². The Morgan fingerprint density at radius 2 is 1.76 bits per heavy atom. The van der Waals surface area contributed by atoms with E-state index in [1.807, 2.05) is 19.9 Å². The molecule has 2 rings (SSSR count). The summed E-state index contributed by atoms with van der Waals surface area (Å²) in [7, 11) is -3.43. The maximum absolute atomic E-state index is 12.9. The summed E-state index contributed by atoms with van der Waals surface area (Å²) in [5, 5.41) is 0. The standard InChI is InChI=1S/C15H23ClN2O2S/c1-4-17-5-7-18(8-6-17)21(19,20)15-10-14(11-16)9-12(2)13(15)3/h9-10H,4-8,11H2,1-3H3. The molecule has 1 heterocycles. The van der Waals surface area contributed by atoms with E-state index in [0.29, 0.717) is 23.9 Å². The Kier molecular flexibility index (Phi) is 5.30. The Morgan fingerprint density at radius 1 is 1.14 bits per heavy atom. The van der Waals surface area contributed by atoms with E-state index in [1.165, 1.54) is 0 Å². The number of nitrogens with zero attached hydrogens (tertiary/aromatic N) is 2. The molecule has 0 radical (unpaired) electrons. The highest BCUT2D eigenvalue weighted by Crippen LogP contribution is 2.25. The summed E-state index contributed by atoms with van der Waals surface area (Å²) in [5.41, 5.74) is 2.64. The highest BCUT2D eigenvalue weighted by molar-refractivity contribution is 7.89. The lowest BCUT2D eigenvalue weighted by atomic mass is 10.1. The molecule has 21 heavy (non-hydrogen) atoms. The van der Waals surface area contributed by atoms with Crippen molar-refractivity contribution in [2.24, 2.45) is 0 Å². The molecule has 0 N–H and O–H groups in total. The van der Waals surface area contributed by atoms with E-state index in [4.69, 9.17) is 11.6 Å². The minimum absolute atomic E-state index is 0.327. The first-order chi connectivity index (χ1) is 9.90. The predicted molar refractivity (Wildman–Crippen MR) is 86.3 cm³/mol. The molecule has 0 saturated carbocycles. The van der Waals surface area contributed by atoms with Crippen LogP contribution in [0.25, 0.3) is 0 Å². The Balaban J connectivity index is 2.34. The summed E-state index contributed by atoms with van der Waals surface area (Å²) in [5.74, 6) is 0.327. The predicted octanol–water partition coefficient (Wildman–Crippen LogP) is 2.37. The van der Waals surface area contributed by atoms with Crippen LogP contribution in [0.2, 0.25) is 0 Å². The van der Waals surface area contributed by atoms with E-state index >= 15 is 0 Å². The van der Waals surface area contributed by atoms with Crippen molar-refractivity contribution >= 4 is 21.6 Å². The smallest absolute Gasteiger partial charge is 0.243 e. The minimum Gasteiger partial charge on any atom is -0.301 e. The molecule has 0 atom stereocenters. The number of rotatable bonds is 4. The third-order valence-electron chi connectivity index (χ3n) is 4.23. The number of sulfonamides is 1. The summed E-state index contributed by atoms with van der Waals surface area (Å²) in [6, 6.07) is 3.67. The average molecular weight is 331 g/mol. The first kappa shape index (κ1) is 16.7. The molecule has 1 saturated heterocycles. The number of aryl methyl sites for hydroxylation is 1. The molecular formula is C15H23ClN2O2S. The van der Waals surface area contributed by atoms with Crippen LogP contribution in [-0.4, -0.2) is 50.3 Å². The lowest BCUT2D eigenvalue weighted by molar-refractivity contribution is 0.196. The number of hydrogen-bond donors (Lipinski definition) is 0. The summed E-state index contributed by atoms with van der Waals surface area (Å²) in [6.45, 7) is 9.56. The summed E-state index contributed by atoms with van der Waals surface area (Å²) in [4.78, 5) is 2.67. The average Bonchev–Trinajstić information content (AvgIpc) is 2.49. The highest BCUT2D eigenvalue weighted by Gasteiger charge is 2.29. The zero-order chi connectivity index (χ0) is 15.6. The van der Waals surface area contributed by atoms with Gasteiger partial charge in [-0.05, 0) is 43.1 Å². The molecule has 6 heteroatoms. The zero-order valence-corrected chi connectivity index (χ0v) is 14.5. The van der Waals surface area contributed by atoms with Crippen LogP contribution in [0, 0.1) is 13.8 Å². The van der Waals surface area contributed by atoms with Gasteiger partial charge in [-0.1, -0.05) is 13.0 Å². The highest BCUT2D eigenvalue weighted by atomic mass is 35.5. The van der Waals surface area contributed by atoms with Crippen molar-refractivity contribution < 1.29 is 8.42 Å². The Hall–Kier alpha value is -0.620. The summed E-state index contributed by atoms with van der Waals surface area (Å²) in [6.07, 6.45) is 0. The third-order valence-corrected chi connectivity index (χ3v) is 6.56. The Labute approximate surface area is 132 Å². The van der Waals surface area contributed by atoms with Crippen LogP contribution in [0.4, 0.5) is 0 Å². The van der Waals surface area contributed by atoms with Crippen LogP contribution in [0.1, 0.15) is 23.6 Å². The van der Waals surface area contributed by atoms with Crippen LogP contribution in [-0.2, 0) is 15.9 Å². The van der Waals surface area contributed by atoms with Gasteiger partial charge in [0, 0.05) is 32.1 Å². The van der Waals surface area contributed by atoms with Crippen molar-refractivity contribution in [2.75, 3.05) is 32.7 Å². The number of alkyl halides is 1. The number of piperazine rings is 1. The van der Waals surface area contributed by atoms with Crippen LogP contribution >= 0.6 is 11.6 Å². The van der Waals surface area contributed by atoms with E-state index in [9.17, 15) is 8.42 Å². The van der Waals surface area contributed by atoms with Crippen LogP contribution < -0.4 is 0 Å². The molecule has 0 spiro atoms. The second kappa shape index (κ2) is 6.65. The number of hydrogen-bond acceptors (Lipinski definition) is 3. The van der Waals surface area contributed by atoms with Crippen molar-refractivity contribution in [3.63, 3.8) is 0 Å². The Bertz CT molecular complexity index is 608. The number of likely N-dealkylation sites (N-methyl/N-ethyl adjacent to an activating group) is 1. The number of benzene rings is 1. The van der Waals surface area contributed by atoms with E-state index < -0.39 is 10.0 Å². The molecule has 0 unspecified atom stereocenters.